The van der Waals surface area contributed by atoms with Gasteiger partial charge in [-0.3, -0.25) is 4.79 Å². The number of halogens is 2. The summed E-state index contributed by atoms with van der Waals surface area (Å²) in [6, 6.07) is 5.37. The first-order valence-corrected chi connectivity index (χ1v) is 7.41. The summed E-state index contributed by atoms with van der Waals surface area (Å²) in [5.41, 5.74) is 6.39. The Morgan fingerprint density at radius 2 is 2.33 bits per heavy atom. The first-order chi connectivity index (χ1) is 8.43. The maximum absolute atomic E-state index is 12.4. The van der Waals surface area contributed by atoms with E-state index < -0.39 is 5.41 Å². The van der Waals surface area contributed by atoms with Crippen molar-refractivity contribution in [3.8, 4) is 0 Å². The maximum Gasteiger partial charge on any atom is 0.231 e. The number of benzene rings is 1. The second kappa shape index (κ2) is 5.35. The number of carbonyl (C=O) groups excluding carboxylic acids is 1. The maximum atomic E-state index is 12.4. The summed E-state index contributed by atoms with van der Waals surface area (Å²) in [5.74, 6) is 0.00717. The first kappa shape index (κ1) is 14.1. The van der Waals surface area contributed by atoms with E-state index in [1.807, 2.05) is 19.1 Å². The smallest absolute Gasteiger partial charge is 0.231 e. The molecule has 0 aromatic heterocycles. The molecular formula is C13H16ClIN2O. The van der Waals surface area contributed by atoms with Gasteiger partial charge >= 0.3 is 0 Å². The average Bonchev–Trinajstić information content (AvgIpc) is 2.64. The van der Waals surface area contributed by atoms with E-state index in [1.165, 1.54) is 0 Å². The highest BCUT2D eigenvalue weighted by Gasteiger charge is 2.43. The number of nitrogens with one attached hydrogen (secondary N) is 1. The van der Waals surface area contributed by atoms with Gasteiger partial charge in [0.15, 0.2) is 0 Å². The van der Waals surface area contributed by atoms with Crippen LogP contribution in [-0.4, -0.2) is 11.9 Å². The molecule has 0 radical (unpaired) electrons. The summed E-state index contributed by atoms with van der Waals surface area (Å²) >= 11 is 8.06. The highest BCUT2D eigenvalue weighted by Crippen LogP contribution is 2.38. The van der Waals surface area contributed by atoms with Crippen molar-refractivity contribution in [3.05, 3.63) is 26.8 Å². The van der Waals surface area contributed by atoms with Crippen LogP contribution in [0.1, 0.15) is 26.2 Å². The summed E-state index contributed by atoms with van der Waals surface area (Å²) in [4.78, 5) is 12.4. The van der Waals surface area contributed by atoms with Crippen molar-refractivity contribution in [2.45, 2.75) is 32.2 Å². The molecule has 1 fully saturated rings. The van der Waals surface area contributed by atoms with Gasteiger partial charge in [0.05, 0.1) is 11.1 Å². The van der Waals surface area contributed by atoms with E-state index in [1.54, 1.807) is 6.07 Å². The molecule has 3 N–H and O–H groups in total. The van der Waals surface area contributed by atoms with Crippen molar-refractivity contribution in [1.82, 2.24) is 0 Å². The van der Waals surface area contributed by atoms with Crippen LogP contribution in [0, 0.1) is 8.99 Å². The second-order valence-corrected chi connectivity index (χ2v) is 6.59. The molecule has 0 spiro atoms. The van der Waals surface area contributed by atoms with E-state index in [9.17, 15) is 4.79 Å². The van der Waals surface area contributed by atoms with E-state index in [4.69, 9.17) is 17.3 Å². The van der Waals surface area contributed by atoms with Gasteiger partial charge in [-0.1, -0.05) is 18.0 Å². The SMILES string of the molecule is CC1(C(=O)Nc2ccc(Cl)cc2I)CCCC1N. The van der Waals surface area contributed by atoms with Gasteiger partial charge in [-0.25, -0.2) is 0 Å². The lowest BCUT2D eigenvalue weighted by atomic mass is 9.84. The molecule has 5 heteroatoms. The lowest BCUT2D eigenvalue weighted by Gasteiger charge is -2.27. The fraction of sp³-hybridized carbons (Fsp3) is 0.462. The fourth-order valence-corrected chi connectivity index (χ4v) is 3.34. The van der Waals surface area contributed by atoms with Crippen molar-refractivity contribution >= 4 is 45.8 Å². The third-order valence-electron chi connectivity index (χ3n) is 3.73. The van der Waals surface area contributed by atoms with Crippen LogP contribution < -0.4 is 11.1 Å². The lowest BCUT2D eigenvalue weighted by molar-refractivity contribution is -0.125. The zero-order valence-corrected chi connectivity index (χ0v) is 13.1. The minimum Gasteiger partial charge on any atom is -0.327 e. The Morgan fingerprint density at radius 1 is 1.61 bits per heavy atom. The average molecular weight is 379 g/mol. The summed E-state index contributed by atoms with van der Waals surface area (Å²) in [6.45, 7) is 1.95. The summed E-state index contributed by atoms with van der Waals surface area (Å²) in [5, 5.41) is 3.63. The molecule has 2 rings (SSSR count). The Balaban J connectivity index is 2.16. The number of nitrogens with two attached hydrogens (primary N) is 1. The van der Waals surface area contributed by atoms with Crippen LogP contribution >= 0.6 is 34.2 Å². The lowest BCUT2D eigenvalue weighted by Crippen LogP contribution is -2.44. The highest BCUT2D eigenvalue weighted by atomic mass is 127. The molecule has 3 nitrogen and oxygen atoms in total. The van der Waals surface area contributed by atoms with Crippen LogP contribution in [0.3, 0.4) is 0 Å². The topological polar surface area (TPSA) is 55.1 Å². The molecule has 1 aromatic rings. The van der Waals surface area contributed by atoms with Crippen molar-refractivity contribution in [1.29, 1.82) is 0 Å². The van der Waals surface area contributed by atoms with Crippen molar-refractivity contribution in [2.75, 3.05) is 5.32 Å². The minimum absolute atomic E-state index is 0.00717. The van der Waals surface area contributed by atoms with Gasteiger partial charge in [0.25, 0.3) is 0 Å². The Bertz CT molecular complexity index is 480. The quantitative estimate of drug-likeness (QED) is 0.775. The number of carbonyl (C=O) groups is 1. The number of rotatable bonds is 2. The molecule has 18 heavy (non-hydrogen) atoms. The molecular weight excluding hydrogens is 363 g/mol. The van der Waals surface area contributed by atoms with Crippen LogP contribution in [0.5, 0.6) is 0 Å². The Kier molecular flexibility index (Phi) is 4.18. The van der Waals surface area contributed by atoms with E-state index in [2.05, 4.69) is 27.9 Å². The molecule has 0 heterocycles. The number of hydrogen-bond donors (Lipinski definition) is 2. The predicted molar refractivity (Wildman–Crippen MR) is 82.7 cm³/mol. The van der Waals surface area contributed by atoms with E-state index >= 15 is 0 Å². The minimum atomic E-state index is -0.456. The van der Waals surface area contributed by atoms with Gasteiger partial charge in [-0.2, -0.15) is 0 Å². The van der Waals surface area contributed by atoms with E-state index in [-0.39, 0.29) is 11.9 Å². The third-order valence-corrected chi connectivity index (χ3v) is 4.86. The van der Waals surface area contributed by atoms with Gasteiger partial charge in [0.2, 0.25) is 5.91 Å². The summed E-state index contributed by atoms with van der Waals surface area (Å²) in [6.07, 6.45) is 2.79. The van der Waals surface area contributed by atoms with Gasteiger partial charge in [0, 0.05) is 14.6 Å². The van der Waals surface area contributed by atoms with Crippen LogP contribution in [0.2, 0.25) is 5.02 Å². The largest absolute Gasteiger partial charge is 0.327 e. The van der Waals surface area contributed by atoms with Crippen LogP contribution in [0.25, 0.3) is 0 Å². The molecule has 1 aliphatic rings. The molecule has 1 saturated carbocycles. The Labute approximate surface area is 126 Å². The van der Waals surface area contributed by atoms with Crippen molar-refractivity contribution in [3.63, 3.8) is 0 Å². The van der Waals surface area contributed by atoms with E-state index in [0.29, 0.717) is 5.02 Å². The number of hydrogen-bond acceptors (Lipinski definition) is 2. The van der Waals surface area contributed by atoms with E-state index in [0.717, 1.165) is 28.5 Å². The van der Waals surface area contributed by atoms with Gasteiger partial charge in [-0.15, -0.1) is 0 Å². The Morgan fingerprint density at radius 3 is 2.89 bits per heavy atom. The van der Waals surface area contributed by atoms with Crippen molar-refractivity contribution < 1.29 is 4.79 Å². The molecule has 98 valence electrons. The monoisotopic (exact) mass is 378 g/mol. The molecule has 0 saturated heterocycles. The fourth-order valence-electron chi connectivity index (χ4n) is 2.33. The predicted octanol–water partition coefficient (Wildman–Crippen LogP) is 3.40. The van der Waals surface area contributed by atoms with Gasteiger partial charge in [-0.05, 0) is 60.6 Å². The highest BCUT2D eigenvalue weighted by molar-refractivity contribution is 14.1. The van der Waals surface area contributed by atoms with Gasteiger partial charge in [0.1, 0.15) is 0 Å². The molecule has 1 aromatic carbocycles. The second-order valence-electron chi connectivity index (χ2n) is 4.99. The normalized spacial score (nSPS) is 27.2. The van der Waals surface area contributed by atoms with Crippen LogP contribution in [0.15, 0.2) is 18.2 Å². The molecule has 0 aliphatic heterocycles. The zero-order valence-electron chi connectivity index (χ0n) is 10.2. The first-order valence-electron chi connectivity index (χ1n) is 5.95. The summed E-state index contributed by atoms with van der Waals surface area (Å²) in [7, 11) is 0. The zero-order chi connectivity index (χ0) is 13.3. The third kappa shape index (κ3) is 2.65. The molecule has 1 amide bonds. The van der Waals surface area contributed by atoms with Gasteiger partial charge < -0.3 is 11.1 Å². The Hall–Kier alpha value is -0.330. The summed E-state index contributed by atoms with van der Waals surface area (Å²) < 4.78 is 0.934. The molecule has 0 bridgehead atoms. The standard InChI is InChI=1S/C13H16ClIN2O/c1-13(6-2-3-11(13)16)12(18)17-10-5-4-8(14)7-9(10)15/h4-5,7,11H,2-3,6,16H2,1H3,(H,17,18). The van der Waals surface area contributed by atoms with Crippen molar-refractivity contribution in [2.24, 2.45) is 11.1 Å². The molecule has 2 unspecified atom stereocenters. The molecule has 2 atom stereocenters. The van der Waals surface area contributed by atoms with Crippen LogP contribution in [0.4, 0.5) is 5.69 Å². The number of amides is 1. The molecule has 1 aliphatic carbocycles. The van der Waals surface area contributed by atoms with Crippen LogP contribution in [-0.2, 0) is 4.79 Å². The number of anilines is 1.